The lowest BCUT2D eigenvalue weighted by atomic mass is 10.3. The maximum atomic E-state index is 10.8. The van der Waals surface area contributed by atoms with Crippen LogP contribution in [0.4, 0.5) is 0 Å². The summed E-state index contributed by atoms with van der Waals surface area (Å²) in [5, 5.41) is 9.25. The van der Waals surface area contributed by atoms with Crippen molar-refractivity contribution in [1.82, 2.24) is 14.5 Å². The topological polar surface area (TPSA) is 68.0 Å². The molecule has 0 amide bonds. The van der Waals surface area contributed by atoms with Gasteiger partial charge in [0.2, 0.25) is 5.28 Å². The van der Waals surface area contributed by atoms with Crippen LogP contribution < -0.4 is 0 Å². The van der Waals surface area contributed by atoms with E-state index in [2.05, 4.69) is 9.97 Å². The molecule has 2 heterocycles. The predicted molar refractivity (Wildman–Crippen MR) is 57.8 cm³/mol. The predicted octanol–water partition coefficient (Wildman–Crippen LogP) is 2.12. The fourth-order valence-electron chi connectivity index (χ4n) is 1.72. The Labute approximate surface area is 95.7 Å². The van der Waals surface area contributed by atoms with Crippen molar-refractivity contribution in [3.05, 3.63) is 23.1 Å². The van der Waals surface area contributed by atoms with E-state index >= 15 is 0 Å². The van der Waals surface area contributed by atoms with Crippen LogP contribution in [0.1, 0.15) is 29.4 Å². The summed E-state index contributed by atoms with van der Waals surface area (Å²) < 4.78 is 1.81. The van der Waals surface area contributed by atoms with Crippen LogP contribution in [0.25, 0.3) is 11.2 Å². The molecule has 2 aromatic rings. The summed E-state index contributed by atoms with van der Waals surface area (Å²) in [6.07, 6.45) is 2.09. The Bertz CT molecular complexity index is 589. The molecule has 0 radical (unpaired) electrons. The van der Waals surface area contributed by atoms with E-state index in [1.807, 2.05) is 4.57 Å². The molecule has 5 nitrogen and oxygen atoms in total. The molecular formula is C10H8ClN3O2. The van der Waals surface area contributed by atoms with Gasteiger partial charge in [0.25, 0.3) is 0 Å². The van der Waals surface area contributed by atoms with Gasteiger partial charge in [-0.25, -0.2) is 14.8 Å². The minimum absolute atomic E-state index is 0.0194. The number of imidazole rings is 1. The molecular weight excluding hydrogens is 230 g/mol. The maximum Gasteiger partial charge on any atom is 0.354 e. The summed E-state index contributed by atoms with van der Waals surface area (Å²) >= 11 is 6.00. The molecule has 0 spiro atoms. The first-order chi connectivity index (χ1) is 7.66. The highest BCUT2D eigenvalue weighted by Gasteiger charge is 2.28. The molecule has 0 aliphatic heterocycles. The monoisotopic (exact) mass is 237 g/mol. The molecule has 82 valence electrons. The Kier molecular flexibility index (Phi) is 1.91. The van der Waals surface area contributed by atoms with E-state index in [-0.39, 0.29) is 5.69 Å². The van der Waals surface area contributed by atoms with Gasteiger partial charge in [-0.3, -0.25) is 4.57 Å². The van der Waals surface area contributed by atoms with Crippen LogP contribution in [0.3, 0.4) is 0 Å². The van der Waals surface area contributed by atoms with Crippen LogP contribution in [0.5, 0.6) is 0 Å². The summed E-state index contributed by atoms with van der Waals surface area (Å²) in [5.74, 6) is -1.04. The number of fused-ring (bicyclic) bond motifs is 1. The first-order valence-corrected chi connectivity index (χ1v) is 5.32. The zero-order chi connectivity index (χ0) is 11.3. The van der Waals surface area contributed by atoms with Crippen molar-refractivity contribution in [2.24, 2.45) is 0 Å². The van der Waals surface area contributed by atoms with E-state index in [4.69, 9.17) is 16.7 Å². The second kappa shape index (κ2) is 3.18. The number of pyridine rings is 1. The van der Waals surface area contributed by atoms with E-state index in [9.17, 15) is 4.79 Å². The zero-order valence-corrected chi connectivity index (χ0v) is 8.98. The smallest absolute Gasteiger partial charge is 0.354 e. The third-order valence-corrected chi connectivity index (χ3v) is 2.89. The normalized spacial score (nSPS) is 15.6. The van der Waals surface area contributed by atoms with Crippen molar-refractivity contribution < 1.29 is 9.90 Å². The van der Waals surface area contributed by atoms with Gasteiger partial charge in [0.15, 0.2) is 11.3 Å². The summed E-state index contributed by atoms with van der Waals surface area (Å²) in [5.41, 5.74) is 1.22. The highest BCUT2D eigenvalue weighted by molar-refractivity contribution is 6.29. The van der Waals surface area contributed by atoms with E-state index in [0.717, 1.165) is 12.8 Å². The number of carboxylic acid groups (broad SMARTS) is 1. The quantitative estimate of drug-likeness (QED) is 0.869. The Hall–Kier alpha value is -1.62. The number of hydrogen-bond acceptors (Lipinski definition) is 3. The van der Waals surface area contributed by atoms with Crippen molar-refractivity contribution in [2.45, 2.75) is 18.9 Å². The molecule has 0 atom stereocenters. The average Bonchev–Trinajstić information content (AvgIpc) is 3.00. The van der Waals surface area contributed by atoms with Crippen molar-refractivity contribution in [2.75, 3.05) is 0 Å². The fraction of sp³-hybridized carbons (Fsp3) is 0.300. The second-order valence-electron chi connectivity index (χ2n) is 3.83. The molecule has 16 heavy (non-hydrogen) atoms. The number of carbonyl (C=O) groups is 1. The molecule has 3 rings (SSSR count). The minimum atomic E-state index is -1.04. The second-order valence-corrected chi connectivity index (χ2v) is 4.16. The van der Waals surface area contributed by atoms with Gasteiger partial charge in [-0.1, -0.05) is 0 Å². The third kappa shape index (κ3) is 1.36. The van der Waals surface area contributed by atoms with Gasteiger partial charge in [0, 0.05) is 6.04 Å². The summed E-state index contributed by atoms with van der Waals surface area (Å²) in [6, 6.07) is 3.40. The third-order valence-electron chi connectivity index (χ3n) is 2.63. The highest BCUT2D eigenvalue weighted by Crippen LogP contribution is 2.39. The number of rotatable bonds is 2. The SMILES string of the molecule is O=C(O)c1ccc2nc(Cl)n(C3CC3)c2n1. The van der Waals surface area contributed by atoms with Gasteiger partial charge in [-0.05, 0) is 36.6 Å². The number of hydrogen-bond donors (Lipinski definition) is 1. The molecule has 2 aromatic heterocycles. The van der Waals surface area contributed by atoms with Gasteiger partial charge in [0.1, 0.15) is 5.52 Å². The standard InChI is InChI=1S/C10H8ClN3O2/c11-10-13-6-3-4-7(9(15)16)12-8(6)14(10)5-1-2-5/h3-5H,1-2H2,(H,15,16). The van der Waals surface area contributed by atoms with Crippen molar-refractivity contribution in [3.63, 3.8) is 0 Å². The van der Waals surface area contributed by atoms with Crippen molar-refractivity contribution >= 4 is 28.7 Å². The summed E-state index contributed by atoms with van der Waals surface area (Å²) in [6.45, 7) is 0. The first-order valence-electron chi connectivity index (χ1n) is 4.94. The molecule has 0 saturated heterocycles. The van der Waals surface area contributed by atoms with Crippen LogP contribution in [0, 0.1) is 0 Å². The zero-order valence-electron chi connectivity index (χ0n) is 8.22. The maximum absolute atomic E-state index is 10.8. The van der Waals surface area contributed by atoms with Crippen LogP contribution in [0.2, 0.25) is 5.28 Å². The molecule has 1 aliphatic rings. The Morgan fingerprint density at radius 2 is 2.19 bits per heavy atom. The van der Waals surface area contributed by atoms with Gasteiger partial charge in [0.05, 0.1) is 0 Å². The number of halogens is 1. The lowest BCUT2D eigenvalue weighted by molar-refractivity contribution is 0.0691. The van der Waals surface area contributed by atoms with Gasteiger partial charge in [-0.15, -0.1) is 0 Å². The largest absolute Gasteiger partial charge is 0.477 e. The molecule has 1 N–H and O–H groups in total. The molecule has 0 bridgehead atoms. The Morgan fingerprint density at radius 3 is 2.81 bits per heavy atom. The number of nitrogens with zero attached hydrogens (tertiary/aromatic N) is 3. The van der Waals surface area contributed by atoms with Gasteiger partial charge in [-0.2, -0.15) is 0 Å². The number of aromatic nitrogens is 3. The van der Waals surface area contributed by atoms with E-state index in [1.165, 1.54) is 6.07 Å². The average molecular weight is 238 g/mol. The Morgan fingerprint density at radius 1 is 1.44 bits per heavy atom. The summed E-state index contributed by atoms with van der Waals surface area (Å²) in [7, 11) is 0. The molecule has 1 aliphatic carbocycles. The molecule has 1 fully saturated rings. The van der Waals surface area contributed by atoms with Crippen molar-refractivity contribution in [1.29, 1.82) is 0 Å². The van der Waals surface area contributed by atoms with E-state index < -0.39 is 5.97 Å². The highest BCUT2D eigenvalue weighted by atomic mass is 35.5. The lowest BCUT2D eigenvalue weighted by Gasteiger charge is -2.01. The van der Waals surface area contributed by atoms with Crippen LogP contribution in [-0.2, 0) is 0 Å². The Balaban J connectivity index is 2.27. The van der Waals surface area contributed by atoms with Gasteiger partial charge < -0.3 is 5.11 Å². The van der Waals surface area contributed by atoms with E-state index in [1.54, 1.807) is 6.07 Å². The molecule has 6 heteroatoms. The first kappa shape index (κ1) is 9.59. The minimum Gasteiger partial charge on any atom is -0.477 e. The van der Waals surface area contributed by atoms with E-state index in [0.29, 0.717) is 22.5 Å². The summed E-state index contributed by atoms with van der Waals surface area (Å²) in [4.78, 5) is 19.0. The van der Waals surface area contributed by atoms with Crippen molar-refractivity contribution in [3.8, 4) is 0 Å². The van der Waals surface area contributed by atoms with Gasteiger partial charge >= 0.3 is 5.97 Å². The number of carboxylic acids is 1. The van der Waals surface area contributed by atoms with Crippen LogP contribution in [-0.4, -0.2) is 25.6 Å². The number of aromatic carboxylic acids is 1. The van der Waals surface area contributed by atoms with Crippen LogP contribution in [0.15, 0.2) is 12.1 Å². The lowest BCUT2D eigenvalue weighted by Crippen LogP contribution is -2.02. The molecule has 0 aromatic carbocycles. The van der Waals surface area contributed by atoms with Crippen LogP contribution >= 0.6 is 11.6 Å². The molecule has 1 saturated carbocycles. The molecule has 0 unspecified atom stereocenters. The fourth-order valence-corrected chi connectivity index (χ4v) is 2.03.